The van der Waals surface area contributed by atoms with E-state index in [0.29, 0.717) is 5.56 Å². The summed E-state index contributed by atoms with van der Waals surface area (Å²) in [5.74, 6) is 0. The highest BCUT2D eigenvalue weighted by Gasteiger charge is 2.24. The Hall–Kier alpha value is -2.57. The lowest BCUT2D eigenvalue weighted by molar-refractivity contribution is 0.108. The molecule has 0 aromatic heterocycles. The highest BCUT2D eigenvalue weighted by molar-refractivity contribution is 7.47. The zero-order valence-electron chi connectivity index (χ0n) is 16.4. The molecule has 0 aliphatic rings. The molecular formula is C24H23O2P. The molecule has 27 heavy (non-hydrogen) atoms. The molecule has 3 aromatic rings. The largest absolute Gasteiger partial charge is 0.280 e. The number of carbonyl (C=O) groups is 1. The summed E-state index contributed by atoms with van der Waals surface area (Å²) in [4.78, 5) is 12.6. The van der Waals surface area contributed by atoms with E-state index in [-0.39, 0.29) is 5.52 Å². The van der Waals surface area contributed by atoms with Crippen molar-refractivity contribution in [3.8, 4) is 22.3 Å². The van der Waals surface area contributed by atoms with Crippen LogP contribution in [0, 0.1) is 34.6 Å². The van der Waals surface area contributed by atoms with E-state index in [1.165, 1.54) is 0 Å². The summed E-state index contributed by atoms with van der Waals surface area (Å²) in [6.07, 6.45) is 0. The second-order valence-electron chi connectivity index (χ2n) is 7.03. The van der Waals surface area contributed by atoms with Crippen LogP contribution in [0.15, 0.2) is 48.5 Å². The van der Waals surface area contributed by atoms with E-state index in [9.17, 15) is 9.36 Å². The van der Waals surface area contributed by atoms with Gasteiger partial charge in [-0.15, -0.1) is 0 Å². The number of aryl methyl sites for hydroxylation is 2. The Morgan fingerprint density at radius 3 is 1.44 bits per heavy atom. The van der Waals surface area contributed by atoms with E-state index in [1.54, 1.807) is 0 Å². The smallest absolute Gasteiger partial charge is 0.253 e. The Labute approximate surface area is 162 Å². The Kier molecular flexibility index (Phi) is 5.39. The molecule has 2 nitrogen and oxygen atoms in total. The van der Waals surface area contributed by atoms with E-state index in [0.717, 1.165) is 50.1 Å². The van der Waals surface area contributed by atoms with Crippen molar-refractivity contribution in [2.45, 2.75) is 34.6 Å². The van der Waals surface area contributed by atoms with Gasteiger partial charge in [-0.05, 0) is 84.7 Å². The zero-order valence-corrected chi connectivity index (χ0v) is 17.3. The maximum Gasteiger partial charge on any atom is 0.253 e. The van der Waals surface area contributed by atoms with Crippen LogP contribution in [-0.4, -0.2) is 5.52 Å². The van der Waals surface area contributed by atoms with Crippen LogP contribution < -0.4 is 0 Å². The number of hydrogen-bond acceptors (Lipinski definition) is 2. The summed E-state index contributed by atoms with van der Waals surface area (Å²) in [6.45, 7) is 10.2. The molecule has 0 saturated carbocycles. The second kappa shape index (κ2) is 7.58. The molecule has 0 radical (unpaired) electrons. The molecule has 0 fully saturated rings. The highest BCUT2D eigenvalue weighted by atomic mass is 31.1. The monoisotopic (exact) mass is 374 g/mol. The van der Waals surface area contributed by atoms with E-state index >= 15 is 0 Å². The number of carbonyl (C=O) groups excluding carboxylic acids is 1. The van der Waals surface area contributed by atoms with Gasteiger partial charge in [0.15, 0.2) is 0 Å². The standard InChI is InChI=1S/C24H23O2P/c1-14-10-6-8-12-19(14)21-16(3)22(20-13-9-7-11-15(20)2)18(5)23(17(21)4)24(25)27-26/h6-13H,1-5H3. The van der Waals surface area contributed by atoms with E-state index in [1.807, 2.05) is 38.1 Å². The van der Waals surface area contributed by atoms with Crippen molar-refractivity contribution in [3.63, 3.8) is 0 Å². The number of hydrogen-bond donors (Lipinski definition) is 0. The number of rotatable bonds is 4. The minimum Gasteiger partial charge on any atom is -0.280 e. The molecule has 0 N–H and O–H groups in total. The fourth-order valence-electron chi connectivity index (χ4n) is 4.10. The molecule has 0 unspecified atom stereocenters. The first-order valence-electron chi connectivity index (χ1n) is 9.02. The third-order valence-electron chi connectivity index (χ3n) is 5.38. The summed E-state index contributed by atoms with van der Waals surface area (Å²) >= 11 is 0. The van der Waals surface area contributed by atoms with Gasteiger partial charge in [-0.3, -0.25) is 9.36 Å². The van der Waals surface area contributed by atoms with E-state index in [4.69, 9.17) is 0 Å². The van der Waals surface area contributed by atoms with Gasteiger partial charge in [-0.25, -0.2) is 0 Å². The number of benzene rings is 3. The Morgan fingerprint density at radius 2 is 1.07 bits per heavy atom. The summed E-state index contributed by atoms with van der Waals surface area (Å²) in [5.41, 5.74) is 9.78. The van der Waals surface area contributed by atoms with Crippen LogP contribution >= 0.6 is 8.46 Å². The van der Waals surface area contributed by atoms with E-state index in [2.05, 4.69) is 45.0 Å². The lowest BCUT2D eigenvalue weighted by Gasteiger charge is -2.23. The first-order chi connectivity index (χ1) is 12.9. The fourth-order valence-corrected chi connectivity index (χ4v) is 4.53. The average Bonchev–Trinajstić information content (AvgIpc) is 2.64. The zero-order chi connectivity index (χ0) is 19.7. The molecule has 0 atom stereocenters. The second-order valence-corrected chi connectivity index (χ2v) is 7.62. The highest BCUT2D eigenvalue weighted by Crippen LogP contribution is 2.42. The van der Waals surface area contributed by atoms with Crippen molar-refractivity contribution in [1.82, 2.24) is 0 Å². The molecule has 0 heterocycles. The van der Waals surface area contributed by atoms with Crippen LogP contribution in [0.2, 0.25) is 0 Å². The Balaban J connectivity index is 2.51. The Bertz CT molecular complexity index is 991. The van der Waals surface area contributed by atoms with Crippen LogP contribution in [0.5, 0.6) is 0 Å². The Morgan fingerprint density at radius 1 is 0.667 bits per heavy atom. The van der Waals surface area contributed by atoms with Crippen LogP contribution in [-0.2, 0) is 4.57 Å². The maximum absolute atomic E-state index is 12.6. The molecule has 0 aliphatic heterocycles. The van der Waals surface area contributed by atoms with Gasteiger partial charge in [-0.2, -0.15) is 0 Å². The quantitative estimate of drug-likeness (QED) is 0.461. The van der Waals surface area contributed by atoms with Crippen molar-refractivity contribution in [3.05, 3.63) is 81.9 Å². The predicted octanol–water partition coefficient (Wildman–Crippen LogP) is 6.99. The molecule has 0 aliphatic carbocycles. The predicted molar refractivity (Wildman–Crippen MR) is 113 cm³/mol. The van der Waals surface area contributed by atoms with Crippen LogP contribution in [0.25, 0.3) is 22.3 Å². The van der Waals surface area contributed by atoms with Gasteiger partial charge >= 0.3 is 0 Å². The summed E-state index contributed by atoms with van der Waals surface area (Å²) in [6, 6.07) is 16.4. The summed E-state index contributed by atoms with van der Waals surface area (Å²) < 4.78 is 11.5. The molecule has 0 bridgehead atoms. The molecule has 0 spiro atoms. The molecule has 0 amide bonds. The maximum atomic E-state index is 12.6. The molecule has 136 valence electrons. The fraction of sp³-hybridized carbons (Fsp3) is 0.208. The van der Waals surface area contributed by atoms with Gasteiger partial charge in [0.25, 0.3) is 5.52 Å². The average molecular weight is 374 g/mol. The lowest BCUT2D eigenvalue weighted by atomic mass is 9.81. The van der Waals surface area contributed by atoms with E-state index < -0.39 is 8.46 Å². The van der Waals surface area contributed by atoms with Crippen LogP contribution in [0.4, 0.5) is 0 Å². The SMILES string of the molecule is Cc1ccccc1-c1c(C)c(C(=O)P=O)c(C)c(-c2ccccc2C)c1C. The van der Waals surface area contributed by atoms with Crippen LogP contribution in [0.3, 0.4) is 0 Å². The van der Waals surface area contributed by atoms with Gasteiger partial charge in [0, 0.05) is 5.56 Å². The summed E-state index contributed by atoms with van der Waals surface area (Å²) in [7, 11) is -0.474. The minimum atomic E-state index is -0.474. The molecular weight excluding hydrogens is 351 g/mol. The first kappa shape index (κ1) is 19.2. The molecule has 3 heteroatoms. The third-order valence-corrected chi connectivity index (χ3v) is 5.77. The van der Waals surface area contributed by atoms with Crippen molar-refractivity contribution in [2.75, 3.05) is 0 Å². The van der Waals surface area contributed by atoms with Crippen molar-refractivity contribution in [1.29, 1.82) is 0 Å². The van der Waals surface area contributed by atoms with Gasteiger partial charge in [0.05, 0.1) is 0 Å². The third kappa shape index (κ3) is 3.26. The van der Waals surface area contributed by atoms with Crippen molar-refractivity contribution >= 4 is 14.0 Å². The minimum absolute atomic E-state index is 0.366. The first-order valence-corrected chi connectivity index (χ1v) is 9.83. The molecule has 3 aromatic carbocycles. The van der Waals surface area contributed by atoms with Gasteiger partial charge in [0.1, 0.15) is 0 Å². The molecule has 0 saturated heterocycles. The van der Waals surface area contributed by atoms with Crippen LogP contribution in [0.1, 0.15) is 38.2 Å². The molecule has 3 rings (SSSR count). The van der Waals surface area contributed by atoms with Crippen molar-refractivity contribution < 1.29 is 9.36 Å². The van der Waals surface area contributed by atoms with Crippen molar-refractivity contribution in [2.24, 2.45) is 0 Å². The van der Waals surface area contributed by atoms with Gasteiger partial charge in [-0.1, -0.05) is 48.5 Å². The summed E-state index contributed by atoms with van der Waals surface area (Å²) in [5, 5.41) is 0. The lowest BCUT2D eigenvalue weighted by Crippen LogP contribution is -2.06. The topological polar surface area (TPSA) is 34.1 Å². The normalized spacial score (nSPS) is 11.0. The van der Waals surface area contributed by atoms with Gasteiger partial charge in [0.2, 0.25) is 8.46 Å². The van der Waals surface area contributed by atoms with Gasteiger partial charge < -0.3 is 0 Å².